The summed E-state index contributed by atoms with van der Waals surface area (Å²) in [4.78, 5) is 25.3. The molecular formula is C16H17ClN6O3. The van der Waals surface area contributed by atoms with Gasteiger partial charge in [0.15, 0.2) is 0 Å². The van der Waals surface area contributed by atoms with Crippen molar-refractivity contribution in [1.29, 1.82) is 0 Å². The molecule has 1 aromatic carbocycles. The Bertz CT molecular complexity index is 878. The van der Waals surface area contributed by atoms with Gasteiger partial charge in [-0.15, -0.1) is 10.2 Å². The highest BCUT2D eigenvalue weighted by Crippen LogP contribution is 2.19. The third-order valence-corrected chi connectivity index (χ3v) is 3.94. The van der Waals surface area contributed by atoms with E-state index >= 15 is 0 Å². The average molecular weight is 377 g/mol. The highest BCUT2D eigenvalue weighted by Gasteiger charge is 2.30. The van der Waals surface area contributed by atoms with Gasteiger partial charge < -0.3 is 15.4 Å². The number of hydrogen-bond donors (Lipinski definition) is 2. The molecule has 2 N–H and O–H groups in total. The lowest BCUT2D eigenvalue weighted by molar-refractivity contribution is -0.139. The molecule has 1 aromatic heterocycles. The molecule has 0 saturated carbocycles. The lowest BCUT2D eigenvalue weighted by Crippen LogP contribution is -2.50. The Labute approximate surface area is 154 Å². The van der Waals surface area contributed by atoms with Crippen LogP contribution in [0.4, 0.5) is 4.79 Å². The summed E-state index contributed by atoms with van der Waals surface area (Å²) in [6.07, 6.45) is 0. The third-order valence-electron chi connectivity index (χ3n) is 3.70. The van der Waals surface area contributed by atoms with Crippen LogP contribution in [0, 0.1) is 0 Å². The van der Waals surface area contributed by atoms with E-state index in [1.54, 1.807) is 32.0 Å². The molecule has 136 valence electrons. The van der Waals surface area contributed by atoms with Gasteiger partial charge in [-0.25, -0.2) is 9.59 Å². The summed E-state index contributed by atoms with van der Waals surface area (Å²) in [7, 11) is 0. The molecule has 1 atom stereocenters. The summed E-state index contributed by atoms with van der Waals surface area (Å²) >= 11 is 5.98. The normalized spacial score (nSPS) is 16.9. The van der Waals surface area contributed by atoms with Gasteiger partial charge in [-0.1, -0.05) is 23.7 Å². The van der Waals surface area contributed by atoms with E-state index in [2.05, 4.69) is 26.0 Å². The number of allylic oxidation sites excluding steroid dienone is 1. The number of ether oxygens (including phenoxy) is 1. The maximum Gasteiger partial charge on any atom is 0.337 e. The van der Waals surface area contributed by atoms with Crippen molar-refractivity contribution in [1.82, 2.24) is 30.8 Å². The summed E-state index contributed by atoms with van der Waals surface area (Å²) < 4.78 is 5.07. The van der Waals surface area contributed by atoms with Crippen molar-refractivity contribution >= 4 is 23.6 Å². The quantitative estimate of drug-likeness (QED) is 0.765. The zero-order valence-electron chi connectivity index (χ0n) is 14.2. The molecule has 2 amide bonds. The molecule has 0 saturated heterocycles. The van der Waals surface area contributed by atoms with E-state index in [-0.39, 0.29) is 13.2 Å². The standard InChI is InChI=1S/C16H17ClN6O3/c1-3-26-15(24)13-9(2)18-16(25)19-12(13)8-23-21-14(20-22-23)10-5-4-6-11(17)7-10/h4-7,9H,3,8H2,1-2H3,(H2,18,19,25)/t9-/m1/s1. The van der Waals surface area contributed by atoms with Gasteiger partial charge in [0.2, 0.25) is 5.82 Å². The van der Waals surface area contributed by atoms with Crippen LogP contribution in [0.1, 0.15) is 13.8 Å². The number of rotatable bonds is 5. The molecule has 0 aliphatic carbocycles. The molecule has 3 rings (SSSR count). The van der Waals surface area contributed by atoms with E-state index in [0.717, 1.165) is 0 Å². The molecule has 0 unspecified atom stereocenters. The minimum atomic E-state index is -0.502. The molecule has 1 aliphatic heterocycles. The van der Waals surface area contributed by atoms with E-state index in [4.69, 9.17) is 16.3 Å². The lowest BCUT2D eigenvalue weighted by Gasteiger charge is -2.26. The number of amides is 2. The largest absolute Gasteiger partial charge is 0.463 e. The number of tetrazole rings is 1. The first kappa shape index (κ1) is 17.9. The Morgan fingerprint density at radius 3 is 2.96 bits per heavy atom. The number of aromatic nitrogens is 4. The predicted molar refractivity (Wildman–Crippen MR) is 93.1 cm³/mol. The number of nitrogens with zero attached hydrogens (tertiary/aromatic N) is 4. The number of esters is 1. The first-order valence-electron chi connectivity index (χ1n) is 7.99. The second kappa shape index (κ2) is 7.52. The number of benzene rings is 1. The molecular weight excluding hydrogens is 360 g/mol. The van der Waals surface area contributed by atoms with E-state index < -0.39 is 18.0 Å². The maximum atomic E-state index is 12.2. The molecule has 0 fully saturated rings. The number of halogens is 1. The highest BCUT2D eigenvalue weighted by atomic mass is 35.5. The second-order valence-corrected chi connectivity index (χ2v) is 6.02. The SMILES string of the molecule is CCOC(=O)C1=C(Cn2nnc(-c3cccc(Cl)c3)n2)NC(=O)N[C@@H]1C. The Kier molecular flexibility index (Phi) is 5.17. The van der Waals surface area contributed by atoms with Crippen LogP contribution < -0.4 is 10.6 Å². The van der Waals surface area contributed by atoms with Crippen molar-refractivity contribution in [2.75, 3.05) is 6.61 Å². The molecule has 26 heavy (non-hydrogen) atoms. The van der Waals surface area contributed by atoms with Crippen LogP contribution >= 0.6 is 11.6 Å². The van der Waals surface area contributed by atoms with Gasteiger partial charge >= 0.3 is 12.0 Å². The minimum absolute atomic E-state index is 0.0689. The maximum absolute atomic E-state index is 12.2. The second-order valence-electron chi connectivity index (χ2n) is 5.59. The van der Waals surface area contributed by atoms with E-state index in [1.165, 1.54) is 4.80 Å². The molecule has 2 aromatic rings. The fourth-order valence-electron chi connectivity index (χ4n) is 2.60. The van der Waals surface area contributed by atoms with Crippen LogP contribution in [0.15, 0.2) is 35.5 Å². The Hall–Kier alpha value is -2.94. The van der Waals surface area contributed by atoms with Gasteiger partial charge in [-0.2, -0.15) is 4.80 Å². The van der Waals surface area contributed by atoms with Gasteiger partial charge in [0.05, 0.1) is 23.9 Å². The van der Waals surface area contributed by atoms with Crippen molar-refractivity contribution in [3.63, 3.8) is 0 Å². The van der Waals surface area contributed by atoms with Gasteiger partial charge in [0.25, 0.3) is 0 Å². The Morgan fingerprint density at radius 1 is 1.42 bits per heavy atom. The van der Waals surface area contributed by atoms with Gasteiger partial charge in [0, 0.05) is 10.6 Å². The number of hydrogen-bond acceptors (Lipinski definition) is 6. The molecule has 2 heterocycles. The van der Waals surface area contributed by atoms with E-state index in [0.29, 0.717) is 27.7 Å². The van der Waals surface area contributed by atoms with Crippen molar-refractivity contribution in [3.8, 4) is 11.4 Å². The third kappa shape index (κ3) is 3.83. The highest BCUT2D eigenvalue weighted by molar-refractivity contribution is 6.30. The minimum Gasteiger partial charge on any atom is -0.463 e. The predicted octanol–water partition coefficient (Wildman–Crippen LogP) is 1.51. The van der Waals surface area contributed by atoms with E-state index in [1.807, 2.05) is 6.07 Å². The first-order valence-corrected chi connectivity index (χ1v) is 8.37. The number of carbonyl (C=O) groups excluding carboxylic acids is 2. The fraction of sp³-hybridized carbons (Fsp3) is 0.312. The van der Waals surface area contributed by atoms with Gasteiger partial charge in [0.1, 0.15) is 6.54 Å². The van der Waals surface area contributed by atoms with Gasteiger partial charge in [-0.05, 0) is 31.2 Å². The van der Waals surface area contributed by atoms with Crippen molar-refractivity contribution in [2.45, 2.75) is 26.4 Å². The Morgan fingerprint density at radius 2 is 2.23 bits per heavy atom. The van der Waals surface area contributed by atoms with Crippen molar-refractivity contribution in [3.05, 3.63) is 40.6 Å². The fourth-order valence-corrected chi connectivity index (χ4v) is 2.79. The van der Waals surface area contributed by atoms with Crippen LogP contribution in [0.5, 0.6) is 0 Å². The molecule has 1 aliphatic rings. The molecule has 9 nitrogen and oxygen atoms in total. The van der Waals surface area contributed by atoms with Gasteiger partial charge in [-0.3, -0.25) is 0 Å². The van der Waals surface area contributed by atoms with E-state index in [9.17, 15) is 9.59 Å². The zero-order chi connectivity index (χ0) is 18.7. The Balaban J connectivity index is 1.89. The smallest absolute Gasteiger partial charge is 0.337 e. The van der Waals surface area contributed by atoms with Crippen LogP contribution in [0.3, 0.4) is 0 Å². The summed E-state index contributed by atoms with van der Waals surface area (Å²) in [5, 5.41) is 18.1. The molecule has 10 heteroatoms. The molecule has 0 bridgehead atoms. The number of urea groups is 1. The molecule has 0 spiro atoms. The monoisotopic (exact) mass is 376 g/mol. The first-order chi connectivity index (χ1) is 12.5. The lowest BCUT2D eigenvalue weighted by atomic mass is 10.0. The van der Waals surface area contributed by atoms with Crippen LogP contribution in [-0.4, -0.2) is 44.9 Å². The topological polar surface area (TPSA) is 111 Å². The molecule has 0 radical (unpaired) electrons. The summed E-state index contributed by atoms with van der Waals surface area (Å²) in [5.74, 6) is -0.114. The van der Waals surface area contributed by atoms with Crippen molar-refractivity contribution in [2.24, 2.45) is 0 Å². The summed E-state index contributed by atoms with van der Waals surface area (Å²) in [5.41, 5.74) is 1.41. The summed E-state index contributed by atoms with van der Waals surface area (Å²) in [6, 6.07) is 6.17. The van der Waals surface area contributed by atoms with Crippen LogP contribution in [-0.2, 0) is 16.1 Å². The average Bonchev–Trinajstić information content (AvgIpc) is 3.03. The zero-order valence-corrected chi connectivity index (χ0v) is 14.9. The number of nitrogens with one attached hydrogen (secondary N) is 2. The summed E-state index contributed by atoms with van der Waals surface area (Å²) in [6.45, 7) is 3.72. The van der Waals surface area contributed by atoms with Crippen LogP contribution in [0.2, 0.25) is 5.02 Å². The number of carbonyl (C=O) groups is 2. The van der Waals surface area contributed by atoms with Crippen LogP contribution in [0.25, 0.3) is 11.4 Å². The van der Waals surface area contributed by atoms with Crippen molar-refractivity contribution < 1.29 is 14.3 Å².